The first kappa shape index (κ1) is 31.4. The van der Waals surface area contributed by atoms with Crippen LogP contribution in [0.25, 0.3) is 0 Å². The fourth-order valence-electron chi connectivity index (χ4n) is 12.0. The highest BCUT2D eigenvalue weighted by molar-refractivity contribution is 5.18. The van der Waals surface area contributed by atoms with Crippen LogP contribution in [-0.2, 0) is 4.74 Å². The third kappa shape index (κ3) is 5.88. The lowest BCUT2D eigenvalue weighted by molar-refractivity contribution is -0.531. The van der Waals surface area contributed by atoms with Gasteiger partial charge >= 0.3 is 0 Å². The Bertz CT molecular complexity index is 1050. The van der Waals surface area contributed by atoms with Crippen molar-refractivity contribution in [1.82, 2.24) is 4.90 Å². The summed E-state index contributed by atoms with van der Waals surface area (Å²) in [5.41, 5.74) is -0.0899. The molecule has 0 aromatic rings. The topological polar surface area (TPSA) is 55.6 Å². The number of hydrogen-bond donors (Lipinski definition) is 0. The van der Waals surface area contributed by atoms with E-state index in [2.05, 4.69) is 43.1 Å². The molecule has 0 aromatic heterocycles. The zero-order valence-electron chi connectivity index (χ0n) is 28.1. The van der Waals surface area contributed by atoms with Gasteiger partial charge in [0.05, 0.1) is 6.10 Å². The first-order valence-corrected chi connectivity index (χ1v) is 19.3. The molecule has 5 aliphatic carbocycles. The van der Waals surface area contributed by atoms with E-state index in [1.54, 1.807) is 0 Å². The Labute approximate surface area is 268 Å². The smallest absolute Gasteiger partial charge is 0.213 e. The van der Waals surface area contributed by atoms with E-state index in [4.69, 9.17) is 4.74 Å². The van der Waals surface area contributed by atoms with Gasteiger partial charge in [0.2, 0.25) is 6.04 Å². The summed E-state index contributed by atoms with van der Waals surface area (Å²) >= 11 is 0. The normalized spacial score (nSPS) is 44.0. The molecule has 2 heterocycles. The summed E-state index contributed by atoms with van der Waals surface area (Å²) in [5, 5.41) is 11.8. The van der Waals surface area contributed by atoms with E-state index in [1.807, 2.05) is 0 Å². The minimum absolute atomic E-state index is 0.00580. The molecule has 0 bridgehead atoms. The number of hydrogen-bond acceptors (Lipinski definition) is 4. The first-order valence-electron chi connectivity index (χ1n) is 19.3. The van der Waals surface area contributed by atoms with Gasteiger partial charge in [-0.3, -0.25) is 15.0 Å². The third-order valence-corrected chi connectivity index (χ3v) is 14.4. The molecule has 0 amide bonds. The van der Waals surface area contributed by atoms with Crippen LogP contribution in [0.5, 0.6) is 0 Å². The summed E-state index contributed by atoms with van der Waals surface area (Å²) in [6.07, 6.45) is 36.0. The van der Waals surface area contributed by atoms with Gasteiger partial charge in [0.15, 0.2) is 0 Å². The number of fused-ring (bicyclic) bond motifs is 4. The molecule has 7 fully saturated rings. The molecule has 5 saturated carbocycles. The van der Waals surface area contributed by atoms with Crippen molar-refractivity contribution >= 4 is 0 Å². The van der Waals surface area contributed by atoms with E-state index in [-0.39, 0.29) is 28.2 Å². The van der Waals surface area contributed by atoms with Crippen molar-refractivity contribution in [2.75, 3.05) is 6.54 Å². The molecule has 0 spiro atoms. The van der Waals surface area contributed by atoms with Gasteiger partial charge in [-0.2, -0.15) is 0 Å². The van der Waals surface area contributed by atoms with Gasteiger partial charge in [-0.25, -0.2) is 0 Å². The molecule has 0 aromatic carbocycles. The van der Waals surface area contributed by atoms with Crippen molar-refractivity contribution < 1.29 is 9.66 Å². The zero-order chi connectivity index (χ0) is 30.3. The second-order valence-electron chi connectivity index (χ2n) is 17.2. The predicted octanol–water partition coefficient (Wildman–Crippen LogP) is 9.73. The molecule has 0 N–H and O–H groups in total. The van der Waals surface area contributed by atoms with Crippen molar-refractivity contribution in [2.24, 2.45) is 46.8 Å². The van der Waals surface area contributed by atoms with Crippen LogP contribution in [0.2, 0.25) is 0 Å². The highest BCUT2D eigenvalue weighted by atomic mass is 16.6. The van der Waals surface area contributed by atoms with Gasteiger partial charge in [-0.15, -0.1) is 0 Å². The molecule has 7 atom stereocenters. The fourth-order valence-corrected chi connectivity index (χ4v) is 12.0. The Kier molecular flexibility index (Phi) is 9.37. The van der Waals surface area contributed by atoms with Crippen LogP contribution < -0.4 is 0 Å². The van der Waals surface area contributed by atoms with Gasteiger partial charge < -0.3 is 4.74 Å². The molecule has 5 heteroatoms. The fraction of sp³-hybridized carbons (Fsp3) is 0.897. The van der Waals surface area contributed by atoms with E-state index in [9.17, 15) is 10.1 Å². The number of nitro groups is 1. The maximum absolute atomic E-state index is 11.8. The molecule has 5 nitrogen and oxygen atoms in total. The van der Waals surface area contributed by atoms with Gasteiger partial charge in [-0.1, -0.05) is 76.7 Å². The van der Waals surface area contributed by atoms with Crippen LogP contribution in [0.1, 0.15) is 142 Å². The van der Waals surface area contributed by atoms with Gasteiger partial charge in [0, 0.05) is 47.6 Å². The van der Waals surface area contributed by atoms with E-state index >= 15 is 0 Å². The summed E-state index contributed by atoms with van der Waals surface area (Å²) in [7, 11) is 0. The van der Waals surface area contributed by atoms with Crippen LogP contribution >= 0.6 is 0 Å². The van der Waals surface area contributed by atoms with E-state index in [0.29, 0.717) is 42.6 Å². The Balaban J connectivity index is 1.02. The molecular weight excluding hydrogens is 544 g/mol. The standard InChI is InChI=1S/C39H62N2O3/c1-38(2)35-25-31(20-19-30-17-15-29(16-18-30)14-13-28-9-5-3-6-10-28)21-23-36(35)40-27-32-26-34(41(42)43)22-24-37(32)44-39(38,40)33-11-7-4-8-12-33/h13-14,19-20,28-37H,3-12,15-18,21-27H2,1-2H3/b14-13+,20-19+. The molecule has 2 aliphatic heterocycles. The van der Waals surface area contributed by atoms with Crippen molar-refractivity contribution in [3.05, 3.63) is 34.4 Å². The highest BCUT2D eigenvalue weighted by Crippen LogP contribution is 2.65. The van der Waals surface area contributed by atoms with E-state index < -0.39 is 0 Å². The Morgan fingerprint density at radius 3 is 1.89 bits per heavy atom. The largest absolute Gasteiger partial charge is 0.356 e. The van der Waals surface area contributed by atoms with E-state index in [1.165, 1.54) is 109 Å². The van der Waals surface area contributed by atoms with E-state index in [0.717, 1.165) is 30.7 Å². The lowest BCUT2D eigenvalue weighted by atomic mass is 9.61. The quantitative estimate of drug-likeness (QED) is 0.172. The van der Waals surface area contributed by atoms with Gasteiger partial charge in [-0.05, 0) is 107 Å². The molecule has 2 saturated heterocycles. The van der Waals surface area contributed by atoms with Crippen LogP contribution in [0.4, 0.5) is 0 Å². The Morgan fingerprint density at radius 2 is 1.25 bits per heavy atom. The maximum Gasteiger partial charge on any atom is 0.213 e. The summed E-state index contributed by atoms with van der Waals surface area (Å²) in [6.45, 7) is 6.15. The number of ether oxygens (including phenoxy) is 1. The average Bonchev–Trinajstić information content (AvgIpc) is 3.25. The van der Waals surface area contributed by atoms with Crippen molar-refractivity contribution in [2.45, 2.75) is 166 Å². The second-order valence-corrected chi connectivity index (χ2v) is 17.2. The summed E-state index contributed by atoms with van der Waals surface area (Å²) < 4.78 is 7.52. The average molecular weight is 607 g/mol. The number of allylic oxidation sites excluding steroid dienone is 4. The Hall–Kier alpha value is -1.20. The van der Waals surface area contributed by atoms with Crippen LogP contribution in [0.3, 0.4) is 0 Å². The van der Waals surface area contributed by atoms with Gasteiger partial charge in [0.1, 0.15) is 5.72 Å². The summed E-state index contributed by atoms with van der Waals surface area (Å²) in [6, 6.07) is 0.192. The summed E-state index contributed by atoms with van der Waals surface area (Å²) in [4.78, 5) is 14.6. The predicted molar refractivity (Wildman–Crippen MR) is 178 cm³/mol. The third-order valence-electron chi connectivity index (χ3n) is 14.4. The molecule has 44 heavy (non-hydrogen) atoms. The lowest BCUT2D eigenvalue weighted by Gasteiger charge is -2.59. The van der Waals surface area contributed by atoms with Crippen LogP contribution in [0, 0.1) is 57.0 Å². The van der Waals surface area contributed by atoms with Crippen molar-refractivity contribution in [3.63, 3.8) is 0 Å². The number of nitrogens with zero attached hydrogens (tertiary/aromatic N) is 2. The molecule has 246 valence electrons. The monoisotopic (exact) mass is 606 g/mol. The first-order chi connectivity index (χ1) is 21.3. The van der Waals surface area contributed by atoms with Crippen LogP contribution in [-0.4, -0.2) is 40.3 Å². The van der Waals surface area contributed by atoms with Crippen LogP contribution in [0.15, 0.2) is 24.3 Å². The van der Waals surface area contributed by atoms with Gasteiger partial charge in [0.25, 0.3) is 0 Å². The molecule has 7 unspecified atom stereocenters. The minimum atomic E-state index is -0.378. The lowest BCUT2D eigenvalue weighted by Crippen LogP contribution is -2.68. The maximum atomic E-state index is 11.8. The summed E-state index contributed by atoms with van der Waals surface area (Å²) in [5.74, 6) is 4.68. The molecular formula is C39H62N2O3. The Morgan fingerprint density at radius 1 is 0.682 bits per heavy atom. The van der Waals surface area contributed by atoms with Crippen molar-refractivity contribution in [1.29, 1.82) is 0 Å². The SMILES string of the molecule is CC1(C)C2CC(/C=C/C3CCC(/C=C/C4CCCCC4)CC3)CCC2N2CC3CC([N+](=O)[O-])CCC3OC21C1CCCCC1. The second kappa shape index (κ2) is 13.1. The highest BCUT2D eigenvalue weighted by Gasteiger charge is 2.70. The van der Waals surface area contributed by atoms with Crippen molar-refractivity contribution in [3.8, 4) is 0 Å². The minimum Gasteiger partial charge on any atom is -0.356 e. The number of rotatable bonds is 6. The molecule has 7 rings (SSSR count). The zero-order valence-corrected chi connectivity index (χ0v) is 28.1. The molecule has 0 radical (unpaired) electrons. The molecule has 7 aliphatic rings.